The monoisotopic (exact) mass is 359 g/mol. The number of nitrogens with one attached hydrogen (secondary N) is 1. The molecule has 0 saturated heterocycles. The molecule has 3 rings (SSSR count). The van der Waals surface area contributed by atoms with Crippen molar-refractivity contribution in [3.8, 4) is 0 Å². The van der Waals surface area contributed by atoms with Gasteiger partial charge in [0, 0.05) is 22.1 Å². The highest BCUT2D eigenvalue weighted by Gasteiger charge is 2.14. The van der Waals surface area contributed by atoms with Crippen molar-refractivity contribution < 1.29 is 4.79 Å². The normalized spacial score (nSPS) is 14.2. The summed E-state index contributed by atoms with van der Waals surface area (Å²) in [5.74, 6) is 0.870. The third-order valence-corrected chi connectivity index (χ3v) is 5.68. The van der Waals surface area contributed by atoms with E-state index in [0.29, 0.717) is 6.42 Å². The molecule has 1 atom stereocenters. The summed E-state index contributed by atoms with van der Waals surface area (Å²) in [5.41, 5.74) is 4.12. The molecule has 2 aromatic carbocycles. The van der Waals surface area contributed by atoms with Crippen LogP contribution < -0.4 is 5.32 Å². The largest absolute Gasteiger partial charge is 0.350 e. The molecule has 1 amide bonds. The molecule has 2 nitrogen and oxygen atoms in total. The van der Waals surface area contributed by atoms with Crippen molar-refractivity contribution >= 4 is 29.3 Å². The van der Waals surface area contributed by atoms with E-state index in [4.69, 9.17) is 11.6 Å². The lowest BCUT2D eigenvalue weighted by Crippen LogP contribution is -2.26. The van der Waals surface area contributed by atoms with Crippen molar-refractivity contribution in [2.75, 3.05) is 5.75 Å². The first kappa shape index (κ1) is 17.4. The first-order valence-corrected chi connectivity index (χ1v) is 9.77. The van der Waals surface area contributed by atoms with Gasteiger partial charge in [-0.3, -0.25) is 4.79 Å². The van der Waals surface area contributed by atoms with Gasteiger partial charge in [-0.15, -0.1) is 11.8 Å². The smallest absolute Gasteiger partial charge is 0.221 e. The molecular formula is C20H22ClNOS. The Morgan fingerprint density at radius 2 is 1.92 bits per heavy atom. The lowest BCUT2D eigenvalue weighted by atomic mass is 10.0. The molecule has 126 valence electrons. The van der Waals surface area contributed by atoms with Crippen LogP contribution in [0.25, 0.3) is 0 Å². The van der Waals surface area contributed by atoms with Gasteiger partial charge < -0.3 is 5.32 Å². The summed E-state index contributed by atoms with van der Waals surface area (Å²) < 4.78 is 0. The molecule has 0 saturated carbocycles. The molecule has 1 aliphatic rings. The molecule has 0 unspecified atom stereocenters. The second-order valence-electron chi connectivity index (χ2n) is 6.22. The minimum Gasteiger partial charge on any atom is -0.350 e. The summed E-state index contributed by atoms with van der Waals surface area (Å²) >= 11 is 7.55. The maximum atomic E-state index is 12.2. The van der Waals surface area contributed by atoms with Crippen molar-refractivity contribution in [2.24, 2.45) is 0 Å². The molecule has 0 aromatic heterocycles. The van der Waals surface area contributed by atoms with E-state index < -0.39 is 0 Å². The Labute approximate surface area is 153 Å². The first-order chi connectivity index (χ1) is 11.6. The predicted molar refractivity (Wildman–Crippen MR) is 102 cm³/mol. The van der Waals surface area contributed by atoms with Gasteiger partial charge in [0.05, 0.1) is 6.04 Å². The van der Waals surface area contributed by atoms with Gasteiger partial charge in [-0.05, 0) is 67.1 Å². The van der Waals surface area contributed by atoms with Crippen LogP contribution in [-0.4, -0.2) is 11.7 Å². The molecule has 2 aromatic rings. The van der Waals surface area contributed by atoms with Crippen LogP contribution >= 0.6 is 23.4 Å². The van der Waals surface area contributed by atoms with E-state index in [2.05, 4.69) is 30.4 Å². The van der Waals surface area contributed by atoms with Gasteiger partial charge in [-0.1, -0.05) is 29.8 Å². The zero-order valence-corrected chi connectivity index (χ0v) is 15.4. The van der Waals surface area contributed by atoms with Crippen LogP contribution in [0.5, 0.6) is 0 Å². The Kier molecular flexibility index (Phi) is 5.85. The molecule has 0 aliphatic heterocycles. The first-order valence-electron chi connectivity index (χ1n) is 8.41. The zero-order valence-electron chi connectivity index (χ0n) is 13.8. The second kappa shape index (κ2) is 8.09. The highest BCUT2D eigenvalue weighted by atomic mass is 35.5. The maximum absolute atomic E-state index is 12.2. The Bertz CT molecular complexity index is 714. The van der Waals surface area contributed by atoms with E-state index in [9.17, 15) is 4.79 Å². The van der Waals surface area contributed by atoms with Crippen LogP contribution in [0.1, 0.15) is 42.5 Å². The van der Waals surface area contributed by atoms with Gasteiger partial charge in [-0.2, -0.15) is 0 Å². The molecule has 0 spiro atoms. The minimum atomic E-state index is 0.0592. The quantitative estimate of drug-likeness (QED) is 0.719. The Morgan fingerprint density at radius 1 is 1.17 bits per heavy atom. The maximum Gasteiger partial charge on any atom is 0.221 e. The predicted octanol–water partition coefficient (Wildman–Crippen LogP) is 5.19. The fourth-order valence-corrected chi connectivity index (χ4v) is 4.03. The van der Waals surface area contributed by atoms with Crippen molar-refractivity contribution in [3.63, 3.8) is 0 Å². The van der Waals surface area contributed by atoms with Gasteiger partial charge in [0.25, 0.3) is 0 Å². The SMILES string of the molecule is C[C@H](NC(=O)CCSc1ccc(Cl)cc1)c1ccc2c(c1)CCC2. The van der Waals surface area contributed by atoms with E-state index in [-0.39, 0.29) is 11.9 Å². The lowest BCUT2D eigenvalue weighted by Gasteiger charge is -2.15. The van der Waals surface area contributed by atoms with E-state index in [1.165, 1.54) is 36.0 Å². The van der Waals surface area contributed by atoms with Crippen molar-refractivity contribution in [1.82, 2.24) is 5.32 Å². The molecule has 1 N–H and O–H groups in total. The standard InChI is InChI=1S/C20H22ClNOS/c1-14(16-6-5-15-3-2-4-17(15)13-16)22-20(23)11-12-24-19-9-7-18(21)8-10-19/h5-10,13-14H,2-4,11-12H2,1H3,(H,22,23)/t14-/m0/s1. The van der Waals surface area contributed by atoms with Gasteiger partial charge in [0.2, 0.25) is 5.91 Å². The van der Waals surface area contributed by atoms with Crippen molar-refractivity contribution in [2.45, 2.75) is 43.5 Å². The number of rotatable bonds is 6. The Morgan fingerprint density at radius 3 is 2.71 bits per heavy atom. The van der Waals surface area contributed by atoms with E-state index in [1.54, 1.807) is 11.8 Å². The number of aryl methyl sites for hydroxylation is 2. The van der Waals surface area contributed by atoms with Crippen LogP contribution in [0, 0.1) is 0 Å². The van der Waals surface area contributed by atoms with E-state index in [1.807, 2.05) is 24.3 Å². The fraction of sp³-hybridized carbons (Fsp3) is 0.350. The van der Waals surface area contributed by atoms with Gasteiger partial charge in [0.15, 0.2) is 0 Å². The summed E-state index contributed by atoms with van der Waals surface area (Å²) in [7, 11) is 0. The average molecular weight is 360 g/mol. The topological polar surface area (TPSA) is 29.1 Å². The number of hydrogen-bond donors (Lipinski definition) is 1. The number of carbonyl (C=O) groups excluding carboxylic acids is 1. The fourth-order valence-electron chi connectivity index (χ4n) is 3.05. The molecule has 0 fully saturated rings. The summed E-state index contributed by atoms with van der Waals surface area (Å²) in [6, 6.07) is 14.4. The number of carbonyl (C=O) groups is 1. The zero-order chi connectivity index (χ0) is 16.9. The lowest BCUT2D eigenvalue weighted by molar-refractivity contribution is -0.121. The van der Waals surface area contributed by atoms with E-state index in [0.717, 1.165) is 15.7 Å². The third kappa shape index (κ3) is 4.55. The van der Waals surface area contributed by atoms with Crippen LogP contribution in [-0.2, 0) is 17.6 Å². The van der Waals surface area contributed by atoms with Gasteiger partial charge in [-0.25, -0.2) is 0 Å². The highest BCUT2D eigenvalue weighted by Crippen LogP contribution is 2.25. The summed E-state index contributed by atoms with van der Waals surface area (Å²) in [6.07, 6.45) is 4.13. The van der Waals surface area contributed by atoms with E-state index >= 15 is 0 Å². The van der Waals surface area contributed by atoms with Crippen molar-refractivity contribution in [3.05, 3.63) is 64.2 Å². The summed E-state index contributed by atoms with van der Waals surface area (Å²) in [5, 5.41) is 3.85. The van der Waals surface area contributed by atoms with Crippen LogP contribution in [0.15, 0.2) is 47.4 Å². The molecule has 0 radical (unpaired) electrons. The van der Waals surface area contributed by atoms with Gasteiger partial charge in [0.1, 0.15) is 0 Å². The Hall–Kier alpha value is -1.45. The number of halogens is 1. The molecule has 0 heterocycles. The highest BCUT2D eigenvalue weighted by molar-refractivity contribution is 7.99. The molecular weight excluding hydrogens is 338 g/mol. The molecule has 1 aliphatic carbocycles. The molecule has 0 bridgehead atoms. The van der Waals surface area contributed by atoms with Crippen LogP contribution in [0.2, 0.25) is 5.02 Å². The average Bonchev–Trinajstić information content (AvgIpc) is 3.04. The second-order valence-corrected chi connectivity index (χ2v) is 7.83. The molecule has 24 heavy (non-hydrogen) atoms. The third-order valence-electron chi connectivity index (χ3n) is 4.41. The number of benzene rings is 2. The van der Waals surface area contributed by atoms with Gasteiger partial charge >= 0.3 is 0 Å². The summed E-state index contributed by atoms with van der Waals surface area (Å²) in [4.78, 5) is 13.3. The van der Waals surface area contributed by atoms with Crippen LogP contribution in [0.4, 0.5) is 0 Å². The molecule has 4 heteroatoms. The Balaban J connectivity index is 1.46. The van der Waals surface area contributed by atoms with Crippen LogP contribution in [0.3, 0.4) is 0 Å². The number of amides is 1. The van der Waals surface area contributed by atoms with Crippen molar-refractivity contribution in [1.29, 1.82) is 0 Å². The number of thioether (sulfide) groups is 1. The number of fused-ring (bicyclic) bond motifs is 1. The minimum absolute atomic E-state index is 0.0592. The number of hydrogen-bond acceptors (Lipinski definition) is 2. The summed E-state index contributed by atoms with van der Waals surface area (Å²) in [6.45, 7) is 2.06.